The summed E-state index contributed by atoms with van der Waals surface area (Å²) in [5, 5.41) is 13.0. The summed E-state index contributed by atoms with van der Waals surface area (Å²) >= 11 is 1.89. The number of fused-ring (bicyclic) bond motifs is 3. The molecule has 6 nitrogen and oxygen atoms in total. The number of hydrogen-bond acceptors (Lipinski definition) is 6. The molecule has 3 aromatic heterocycles. The summed E-state index contributed by atoms with van der Waals surface area (Å²) in [5.74, 6) is 2.69. The van der Waals surface area contributed by atoms with Crippen LogP contribution in [0.25, 0.3) is 21.3 Å². The molecule has 0 bridgehead atoms. The van der Waals surface area contributed by atoms with Crippen LogP contribution in [0.3, 0.4) is 0 Å². The number of anilines is 1. The predicted molar refractivity (Wildman–Crippen MR) is 126 cm³/mol. The van der Waals surface area contributed by atoms with Gasteiger partial charge >= 0.3 is 0 Å². The first-order valence-corrected chi connectivity index (χ1v) is 12.4. The van der Waals surface area contributed by atoms with E-state index in [1.54, 1.807) is 0 Å². The Morgan fingerprint density at radius 1 is 1.30 bits per heavy atom. The highest BCUT2D eigenvalue weighted by Gasteiger charge is 2.23. The number of aryl methyl sites for hydroxylation is 1. The maximum Gasteiger partial charge on any atom is 0.152 e. The van der Waals surface area contributed by atoms with Gasteiger partial charge in [-0.05, 0) is 56.7 Å². The molecule has 0 spiro atoms. The van der Waals surface area contributed by atoms with E-state index in [1.807, 2.05) is 11.3 Å². The Labute approximate surface area is 182 Å². The summed E-state index contributed by atoms with van der Waals surface area (Å²) in [5.41, 5.74) is 9.43. The van der Waals surface area contributed by atoms with Crippen LogP contribution in [0.1, 0.15) is 69.0 Å². The van der Waals surface area contributed by atoms with Crippen LogP contribution in [-0.2, 0) is 13.0 Å². The molecule has 0 saturated carbocycles. The summed E-state index contributed by atoms with van der Waals surface area (Å²) in [6.07, 6.45) is 7.43. The third kappa shape index (κ3) is 4.20. The highest BCUT2D eigenvalue weighted by Crippen LogP contribution is 2.39. The Bertz CT molecular complexity index is 989. The van der Waals surface area contributed by atoms with Crippen molar-refractivity contribution in [2.24, 2.45) is 5.92 Å². The number of hydrogen-bond donors (Lipinski definition) is 3. The predicted octanol–water partition coefficient (Wildman–Crippen LogP) is 4.45. The maximum atomic E-state index is 9.53. The molecule has 1 atom stereocenters. The van der Waals surface area contributed by atoms with Gasteiger partial charge in [-0.1, -0.05) is 26.7 Å². The molecule has 1 saturated heterocycles. The van der Waals surface area contributed by atoms with E-state index in [1.165, 1.54) is 22.4 Å². The van der Waals surface area contributed by atoms with E-state index in [-0.39, 0.29) is 6.61 Å². The molecule has 3 aromatic rings. The molecule has 0 aliphatic carbocycles. The number of nitrogens with two attached hydrogens (primary N) is 1. The largest absolute Gasteiger partial charge is 0.396 e. The Morgan fingerprint density at radius 3 is 2.80 bits per heavy atom. The van der Waals surface area contributed by atoms with E-state index in [4.69, 9.17) is 15.7 Å². The van der Waals surface area contributed by atoms with Gasteiger partial charge < -0.3 is 20.7 Å². The minimum Gasteiger partial charge on any atom is -0.396 e. The molecule has 4 rings (SSSR count). The molecule has 164 valence electrons. The molecular formula is C23H35N5OS. The average Bonchev–Trinajstić information content (AvgIpc) is 3.34. The van der Waals surface area contributed by atoms with E-state index in [2.05, 4.69) is 29.8 Å². The number of nitrogens with one attached hydrogen (secondary N) is 1. The first-order chi connectivity index (χ1) is 14.7. The van der Waals surface area contributed by atoms with Crippen LogP contribution in [0.5, 0.6) is 0 Å². The number of aliphatic hydroxyl groups is 1. The number of nitrogens with zero attached hydrogens (tertiary/aromatic N) is 3. The van der Waals surface area contributed by atoms with Crippen molar-refractivity contribution in [1.82, 2.24) is 19.9 Å². The van der Waals surface area contributed by atoms with E-state index in [0.717, 1.165) is 74.1 Å². The zero-order chi connectivity index (χ0) is 21.1. The van der Waals surface area contributed by atoms with Crippen molar-refractivity contribution in [2.45, 2.75) is 71.3 Å². The third-order valence-electron chi connectivity index (χ3n) is 6.53. The molecule has 0 radical (unpaired) electrons. The van der Waals surface area contributed by atoms with E-state index >= 15 is 0 Å². The Hall–Kier alpha value is -1.70. The Kier molecular flexibility index (Phi) is 6.91. The zero-order valence-electron chi connectivity index (χ0n) is 18.3. The second-order valence-corrected chi connectivity index (χ2v) is 9.69. The van der Waals surface area contributed by atoms with Gasteiger partial charge in [0.05, 0.1) is 15.7 Å². The van der Waals surface area contributed by atoms with Gasteiger partial charge in [0.15, 0.2) is 5.82 Å². The second kappa shape index (κ2) is 9.62. The SMILES string of the molecule is CCCCc1nc2c(N)nc3cc(C4CCNCC4)sc3c2n1CC(CC)CCO. The number of nitrogen functional groups attached to an aromatic ring is 1. The van der Waals surface area contributed by atoms with Crippen molar-refractivity contribution in [3.63, 3.8) is 0 Å². The molecule has 7 heteroatoms. The van der Waals surface area contributed by atoms with Gasteiger partial charge in [-0.15, -0.1) is 11.3 Å². The lowest BCUT2D eigenvalue weighted by Crippen LogP contribution is -2.26. The smallest absolute Gasteiger partial charge is 0.152 e. The number of aliphatic hydroxyl groups excluding tert-OH is 1. The number of pyridine rings is 1. The zero-order valence-corrected chi connectivity index (χ0v) is 19.1. The monoisotopic (exact) mass is 429 g/mol. The standard InChI is InChI=1S/C23H35N5OS/c1-3-5-6-19-27-20-21(28(19)14-15(4-2)9-12-29)22-17(26-23(20)24)13-18(30-22)16-7-10-25-11-8-16/h13,15-16,25,29H,3-12,14H2,1-2H3,(H2,24,26). The Balaban J connectivity index is 1.85. The van der Waals surface area contributed by atoms with Crippen LogP contribution >= 0.6 is 11.3 Å². The van der Waals surface area contributed by atoms with Crippen LogP contribution in [0, 0.1) is 5.92 Å². The van der Waals surface area contributed by atoms with Gasteiger partial charge in [-0.3, -0.25) is 0 Å². The van der Waals surface area contributed by atoms with Crippen molar-refractivity contribution in [3.8, 4) is 0 Å². The molecule has 4 N–H and O–H groups in total. The molecular weight excluding hydrogens is 394 g/mol. The van der Waals surface area contributed by atoms with Crippen molar-refractivity contribution in [3.05, 3.63) is 16.8 Å². The van der Waals surface area contributed by atoms with Crippen molar-refractivity contribution in [2.75, 3.05) is 25.4 Å². The van der Waals surface area contributed by atoms with Gasteiger partial charge in [-0.2, -0.15) is 0 Å². The lowest BCUT2D eigenvalue weighted by molar-refractivity contribution is 0.243. The second-order valence-electron chi connectivity index (χ2n) is 8.61. The molecule has 30 heavy (non-hydrogen) atoms. The lowest BCUT2D eigenvalue weighted by Gasteiger charge is -2.21. The minimum atomic E-state index is 0.230. The normalized spacial score (nSPS) is 16.6. The van der Waals surface area contributed by atoms with Gasteiger partial charge in [-0.25, -0.2) is 9.97 Å². The number of aromatic nitrogens is 3. The molecule has 4 heterocycles. The summed E-state index contributed by atoms with van der Waals surface area (Å²) in [6.45, 7) is 7.70. The topological polar surface area (TPSA) is 89.0 Å². The molecule has 1 aliphatic heterocycles. The fraction of sp³-hybridized carbons (Fsp3) is 0.652. The number of imidazole rings is 1. The lowest BCUT2D eigenvalue weighted by atomic mass is 9.96. The van der Waals surface area contributed by atoms with Gasteiger partial charge in [0.25, 0.3) is 0 Å². The van der Waals surface area contributed by atoms with Gasteiger partial charge in [0.1, 0.15) is 11.3 Å². The highest BCUT2D eigenvalue weighted by molar-refractivity contribution is 7.20. The quantitative estimate of drug-likeness (QED) is 0.468. The van der Waals surface area contributed by atoms with Crippen LogP contribution < -0.4 is 11.1 Å². The van der Waals surface area contributed by atoms with Crippen molar-refractivity contribution < 1.29 is 5.11 Å². The molecule has 1 fully saturated rings. The summed E-state index contributed by atoms with van der Waals surface area (Å²) < 4.78 is 3.62. The minimum absolute atomic E-state index is 0.230. The fourth-order valence-corrected chi connectivity index (χ4v) is 5.96. The third-order valence-corrected chi connectivity index (χ3v) is 7.82. The van der Waals surface area contributed by atoms with Crippen LogP contribution in [0.2, 0.25) is 0 Å². The van der Waals surface area contributed by atoms with Gasteiger partial charge in [0.2, 0.25) is 0 Å². The summed E-state index contributed by atoms with van der Waals surface area (Å²) in [4.78, 5) is 11.2. The van der Waals surface area contributed by atoms with Crippen LogP contribution in [-0.4, -0.2) is 39.3 Å². The van der Waals surface area contributed by atoms with Crippen LogP contribution in [0.4, 0.5) is 5.82 Å². The number of unbranched alkanes of at least 4 members (excludes halogenated alkanes) is 1. The highest BCUT2D eigenvalue weighted by atomic mass is 32.1. The van der Waals surface area contributed by atoms with Crippen molar-refractivity contribution >= 4 is 38.4 Å². The fourth-order valence-electron chi connectivity index (χ4n) is 4.64. The molecule has 0 amide bonds. The summed E-state index contributed by atoms with van der Waals surface area (Å²) in [6, 6.07) is 2.26. The van der Waals surface area contributed by atoms with E-state index < -0.39 is 0 Å². The van der Waals surface area contributed by atoms with E-state index in [9.17, 15) is 5.11 Å². The van der Waals surface area contributed by atoms with Crippen LogP contribution in [0.15, 0.2) is 6.07 Å². The number of thiophene rings is 1. The maximum absolute atomic E-state index is 9.53. The number of rotatable bonds is 9. The Morgan fingerprint density at radius 2 is 2.10 bits per heavy atom. The molecule has 1 aliphatic rings. The first kappa shape index (κ1) is 21.5. The van der Waals surface area contributed by atoms with Crippen molar-refractivity contribution in [1.29, 1.82) is 0 Å². The molecule has 0 aromatic carbocycles. The average molecular weight is 430 g/mol. The number of piperidine rings is 1. The van der Waals surface area contributed by atoms with Gasteiger partial charge in [0, 0.05) is 24.4 Å². The first-order valence-electron chi connectivity index (χ1n) is 11.6. The molecule has 1 unspecified atom stereocenters. The van der Waals surface area contributed by atoms with E-state index in [0.29, 0.717) is 17.7 Å². The summed E-state index contributed by atoms with van der Waals surface area (Å²) in [7, 11) is 0.